The highest BCUT2D eigenvalue weighted by atomic mass is 79.9. The number of rotatable bonds is 4. The summed E-state index contributed by atoms with van der Waals surface area (Å²) in [4.78, 5) is 9.31. The number of aromatic nitrogens is 2. The molecule has 0 aliphatic rings. The second-order valence-corrected chi connectivity index (χ2v) is 7.35. The summed E-state index contributed by atoms with van der Waals surface area (Å²) in [6.45, 7) is 2.99. The molecule has 0 aliphatic heterocycles. The summed E-state index contributed by atoms with van der Waals surface area (Å²) in [6, 6.07) is 7.72. The van der Waals surface area contributed by atoms with Gasteiger partial charge < -0.3 is 5.32 Å². The monoisotopic (exact) mass is 381 g/mol. The zero-order valence-electron chi connectivity index (χ0n) is 11.4. The van der Waals surface area contributed by atoms with Gasteiger partial charge in [0, 0.05) is 27.9 Å². The fourth-order valence-electron chi connectivity index (χ4n) is 2.04. The average Bonchev–Trinajstić information content (AvgIpc) is 2.91. The first kappa shape index (κ1) is 14.8. The SMILES string of the molecule is CCCNc1nc(-c2csc(Br)c2)nc2ccc(Cl)cc12. The zero-order chi connectivity index (χ0) is 14.8. The molecule has 3 rings (SSSR count). The molecule has 3 nitrogen and oxygen atoms in total. The lowest BCUT2D eigenvalue weighted by molar-refractivity contribution is 0.970. The highest BCUT2D eigenvalue weighted by Gasteiger charge is 2.11. The van der Waals surface area contributed by atoms with Crippen LogP contribution in [0.2, 0.25) is 5.02 Å². The minimum absolute atomic E-state index is 0.691. The normalized spacial score (nSPS) is 11.0. The standard InChI is InChI=1S/C15H13BrClN3S/c1-2-5-18-15-11-7-10(17)3-4-12(11)19-14(20-15)9-6-13(16)21-8-9/h3-4,6-8H,2,5H2,1H3,(H,18,19,20). The summed E-state index contributed by atoms with van der Waals surface area (Å²) in [5, 5.41) is 7.05. The molecule has 0 amide bonds. The minimum Gasteiger partial charge on any atom is -0.369 e. The van der Waals surface area contributed by atoms with Crippen LogP contribution >= 0.6 is 38.9 Å². The number of hydrogen-bond donors (Lipinski definition) is 1. The van der Waals surface area contributed by atoms with E-state index in [2.05, 4.69) is 38.1 Å². The predicted molar refractivity (Wildman–Crippen MR) is 94.3 cm³/mol. The van der Waals surface area contributed by atoms with Crippen LogP contribution < -0.4 is 5.32 Å². The van der Waals surface area contributed by atoms with E-state index in [9.17, 15) is 0 Å². The molecule has 21 heavy (non-hydrogen) atoms. The Morgan fingerprint density at radius 2 is 2.14 bits per heavy atom. The first-order chi connectivity index (χ1) is 10.2. The van der Waals surface area contributed by atoms with E-state index < -0.39 is 0 Å². The van der Waals surface area contributed by atoms with Crippen LogP contribution in [0.1, 0.15) is 13.3 Å². The zero-order valence-corrected chi connectivity index (χ0v) is 14.5. The third-order valence-electron chi connectivity index (χ3n) is 3.03. The Bertz CT molecular complexity index is 788. The van der Waals surface area contributed by atoms with Crippen molar-refractivity contribution in [3.8, 4) is 11.4 Å². The summed E-state index contributed by atoms with van der Waals surface area (Å²) >= 11 is 11.2. The lowest BCUT2D eigenvalue weighted by Crippen LogP contribution is -2.04. The van der Waals surface area contributed by atoms with Gasteiger partial charge in [-0.2, -0.15) is 0 Å². The Balaban J connectivity index is 2.16. The molecule has 0 radical (unpaired) electrons. The molecule has 108 valence electrons. The molecule has 0 saturated carbocycles. The number of benzene rings is 1. The minimum atomic E-state index is 0.691. The van der Waals surface area contributed by atoms with Crippen molar-refractivity contribution in [1.82, 2.24) is 9.97 Å². The first-order valence-electron chi connectivity index (χ1n) is 6.63. The topological polar surface area (TPSA) is 37.8 Å². The van der Waals surface area contributed by atoms with E-state index in [1.54, 1.807) is 11.3 Å². The van der Waals surface area contributed by atoms with Gasteiger partial charge in [0.2, 0.25) is 0 Å². The molecule has 0 saturated heterocycles. The van der Waals surface area contributed by atoms with Gasteiger partial charge in [-0.3, -0.25) is 0 Å². The van der Waals surface area contributed by atoms with Gasteiger partial charge in [-0.25, -0.2) is 9.97 Å². The molecule has 0 bridgehead atoms. The third kappa shape index (κ3) is 3.20. The molecular formula is C15H13BrClN3S. The second-order valence-electron chi connectivity index (χ2n) is 4.62. The number of hydrogen-bond acceptors (Lipinski definition) is 4. The Morgan fingerprint density at radius 3 is 2.86 bits per heavy atom. The van der Waals surface area contributed by atoms with E-state index in [1.807, 2.05) is 29.6 Å². The van der Waals surface area contributed by atoms with Crippen LogP contribution in [0.4, 0.5) is 5.82 Å². The maximum atomic E-state index is 6.10. The number of halogens is 2. The number of thiophene rings is 1. The highest BCUT2D eigenvalue weighted by molar-refractivity contribution is 9.11. The molecule has 0 aliphatic carbocycles. The van der Waals surface area contributed by atoms with E-state index >= 15 is 0 Å². The number of fused-ring (bicyclic) bond motifs is 1. The Labute approximate surface area is 140 Å². The number of anilines is 1. The van der Waals surface area contributed by atoms with Crippen molar-refractivity contribution in [3.05, 3.63) is 38.5 Å². The van der Waals surface area contributed by atoms with Crippen LogP contribution in [0.5, 0.6) is 0 Å². The van der Waals surface area contributed by atoms with Crippen LogP contribution in [0, 0.1) is 0 Å². The van der Waals surface area contributed by atoms with Gasteiger partial charge >= 0.3 is 0 Å². The molecule has 1 N–H and O–H groups in total. The maximum absolute atomic E-state index is 6.10. The molecule has 0 atom stereocenters. The molecule has 1 aromatic carbocycles. The van der Waals surface area contributed by atoms with Gasteiger partial charge in [0.1, 0.15) is 5.82 Å². The smallest absolute Gasteiger partial charge is 0.163 e. The third-order valence-corrected chi connectivity index (χ3v) is 4.77. The fourth-order valence-corrected chi connectivity index (χ4v) is 3.34. The van der Waals surface area contributed by atoms with Crippen LogP contribution in [0.3, 0.4) is 0 Å². The molecule has 0 spiro atoms. The van der Waals surface area contributed by atoms with Gasteiger partial charge in [0.05, 0.1) is 9.30 Å². The van der Waals surface area contributed by atoms with Crippen LogP contribution in [-0.4, -0.2) is 16.5 Å². The first-order valence-corrected chi connectivity index (χ1v) is 8.68. The quantitative estimate of drug-likeness (QED) is 0.638. The summed E-state index contributed by atoms with van der Waals surface area (Å²) in [5.74, 6) is 1.56. The average molecular weight is 383 g/mol. The van der Waals surface area contributed by atoms with Crippen molar-refractivity contribution in [2.45, 2.75) is 13.3 Å². The van der Waals surface area contributed by atoms with Crippen LogP contribution in [-0.2, 0) is 0 Å². The van der Waals surface area contributed by atoms with Crippen molar-refractivity contribution in [2.75, 3.05) is 11.9 Å². The van der Waals surface area contributed by atoms with Gasteiger partial charge in [-0.1, -0.05) is 18.5 Å². The van der Waals surface area contributed by atoms with Crippen molar-refractivity contribution in [2.24, 2.45) is 0 Å². The molecule has 2 aromatic heterocycles. The van der Waals surface area contributed by atoms with Gasteiger partial charge in [0.25, 0.3) is 0 Å². The predicted octanol–water partition coefficient (Wildman–Crippen LogP) is 5.60. The van der Waals surface area contributed by atoms with Gasteiger partial charge in [-0.05, 0) is 46.6 Å². The lowest BCUT2D eigenvalue weighted by Gasteiger charge is -2.10. The molecule has 0 fully saturated rings. The lowest BCUT2D eigenvalue weighted by atomic mass is 10.2. The van der Waals surface area contributed by atoms with E-state index in [0.717, 1.165) is 44.9 Å². The largest absolute Gasteiger partial charge is 0.369 e. The Kier molecular flexibility index (Phi) is 4.42. The van der Waals surface area contributed by atoms with Crippen molar-refractivity contribution in [1.29, 1.82) is 0 Å². The van der Waals surface area contributed by atoms with E-state index in [4.69, 9.17) is 11.6 Å². The van der Waals surface area contributed by atoms with Gasteiger partial charge in [0.15, 0.2) is 5.82 Å². The molecular weight excluding hydrogens is 370 g/mol. The fraction of sp³-hybridized carbons (Fsp3) is 0.200. The summed E-state index contributed by atoms with van der Waals surface area (Å²) < 4.78 is 1.07. The second kappa shape index (κ2) is 6.30. The Morgan fingerprint density at radius 1 is 1.29 bits per heavy atom. The Hall–Kier alpha value is -1.17. The van der Waals surface area contributed by atoms with E-state index in [1.165, 1.54) is 0 Å². The van der Waals surface area contributed by atoms with Crippen molar-refractivity contribution < 1.29 is 0 Å². The molecule has 6 heteroatoms. The molecule has 2 heterocycles. The summed E-state index contributed by atoms with van der Waals surface area (Å²) in [5.41, 5.74) is 1.91. The van der Waals surface area contributed by atoms with Crippen LogP contribution in [0.15, 0.2) is 33.4 Å². The van der Waals surface area contributed by atoms with Crippen LogP contribution in [0.25, 0.3) is 22.3 Å². The number of nitrogens with zero attached hydrogens (tertiary/aromatic N) is 2. The number of nitrogens with one attached hydrogen (secondary N) is 1. The molecule has 0 unspecified atom stereocenters. The van der Waals surface area contributed by atoms with Crippen molar-refractivity contribution >= 4 is 55.6 Å². The van der Waals surface area contributed by atoms with E-state index in [0.29, 0.717) is 5.02 Å². The highest BCUT2D eigenvalue weighted by Crippen LogP contribution is 2.31. The maximum Gasteiger partial charge on any atom is 0.163 e. The van der Waals surface area contributed by atoms with Crippen molar-refractivity contribution in [3.63, 3.8) is 0 Å². The summed E-state index contributed by atoms with van der Waals surface area (Å²) in [6.07, 6.45) is 1.03. The summed E-state index contributed by atoms with van der Waals surface area (Å²) in [7, 11) is 0. The molecule has 3 aromatic rings. The van der Waals surface area contributed by atoms with E-state index in [-0.39, 0.29) is 0 Å². The van der Waals surface area contributed by atoms with Gasteiger partial charge in [-0.15, -0.1) is 11.3 Å².